The Morgan fingerprint density at radius 2 is 2.00 bits per heavy atom. The summed E-state index contributed by atoms with van der Waals surface area (Å²) in [6.45, 7) is 3.94. The van der Waals surface area contributed by atoms with Gasteiger partial charge in [-0.05, 0) is 43.1 Å². The molecule has 2 aromatic rings. The zero-order chi connectivity index (χ0) is 13.7. The van der Waals surface area contributed by atoms with Gasteiger partial charge in [-0.25, -0.2) is 0 Å². The van der Waals surface area contributed by atoms with E-state index >= 15 is 0 Å². The number of aryl methyl sites for hydroxylation is 2. The topological polar surface area (TPSA) is 29.9 Å². The normalized spacial score (nSPS) is 10.9. The fourth-order valence-electron chi connectivity index (χ4n) is 2.01. The highest BCUT2D eigenvalue weighted by Gasteiger charge is 2.02. The van der Waals surface area contributed by atoms with Gasteiger partial charge in [0.2, 0.25) is 0 Å². The lowest BCUT2D eigenvalue weighted by molar-refractivity contribution is 0.623. The van der Waals surface area contributed by atoms with E-state index in [0.717, 1.165) is 36.6 Å². The summed E-state index contributed by atoms with van der Waals surface area (Å²) in [4.78, 5) is 0. The van der Waals surface area contributed by atoms with Crippen molar-refractivity contribution in [3.8, 4) is 0 Å². The van der Waals surface area contributed by atoms with Crippen molar-refractivity contribution in [2.75, 3.05) is 6.54 Å². The maximum absolute atomic E-state index is 5.86. The molecule has 0 aliphatic carbocycles. The third-order valence-electron chi connectivity index (χ3n) is 3.20. The summed E-state index contributed by atoms with van der Waals surface area (Å²) < 4.78 is 1.95. The summed E-state index contributed by atoms with van der Waals surface area (Å²) in [6, 6.07) is 10.2. The van der Waals surface area contributed by atoms with Gasteiger partial charge in [0, 0.05) is 18.6 Å². The predicted molar refractivity (Wildman–Crippen MR) is 79.4 cm³/mol. The first kappa shape index (κ1) is 14.1. The number of nitrogens with zero attached hydrogens (tertiary/aromatic N) is 2. The summed E-state index contributed by atoms with van der Waals surface area (Å²) in [6.07, 6.45) is 1.99. The lowest BCUT2D eigenvalue weighted by Crippen LogP contribution is -2.18. The van der Waals surface area contributed by atoms with Crippen LogP contribution in [0.4, 0.5) is 0 Å². The number of aromatic nitrogens is 2. The van der Waals surface area contributed by atoms with E-state index in [2.05, 4.69) is 35.5 Å². The van der Waals surface area contributed by atoms with Gasteiger partial charge in [-0.15, -0.1) is 0 Å². The number of nitrogens with one attached hydrogen (secondary N) is 1. The second-order valence-corrected chi connectivity index (χ2v) is 5.09. The van der Waals surface area contributed by atoms with Gasteiger partial charge < -0.3 is 5.32 Å². The molecule has 4 heteroatoms. The first-order valence-corrected chi connectivity index (χ1v) is 7.03. The van der Waals surface area contributed by atoms with E-state index in [9.17, 15) is 0 Å². The lowest BCUT2D eigenvalue weighted by Gasteiger charge is -2.05. The molecule has 102 valence electrons. The highest BCUT2D eigenvalue weighted by molar-refractivity contribution is 6.30. The Morgan fingerprint density at radius 1 is 1.26 bits per heavy atom. The highest BCUT2D eigenvalue weighted by Crippen LogP contribution is 2.09. The number of rotatable bonds is 6. The molecule has 1 heterocycles. The molecule has 1 N–H and O–H groups in total. The molecule has 0 spiro atoms. The van der Waals surface area contributed by atoms with Crippen molar-refractivity contribution in [1.82, 2.24) is 15.1 Å². The molecule has 1 aromatic carbocycles. The van der Waals surface area contributed by atoms with Crippen LogP contribution in [-0.4, -0.2) is 16.3 Å². The van der Waals surface area contributed by atoms with Crippen molar-refractivity contribution in [3.05, 3.63) is 52.3 Å². The second-order valence-electron chi connectivity index (χ2n) is 4.66. The maximum Gasteiger partial charge on any atom is 0.0625 e. The van der Waals surface area contributed by atoms with Gasteiger partial charge in [0.15, 0.2) is 0 Å². The number of halogens is 1. The Hall–Kier alpha value is -1.32. The molecule has 2 rings (SSSR count). The summed E-state index contributed by atoms with van der Waals surface area (Å²) in [5.41, 5.74) is 3.68. The fourth-order valence-corrected chi connectivity index (χ4v) is 2.14. The van der Waals surface area contributed by atoms with Crippen LogP contribution in [0.2, 0.25) is 5.02 Å². The van der Waals surface area contributed by atoms with E-state index in [-0.39, 0.29) is 0 Å². The largest absolute Gasteiger partial charge is 0.311 e. The van der Waals surface area contributed by atoms with Crippen molar-refractivity contribution in [3.63, 3.8) is 0 Å². The van der Waals surface area contributed by atoms with Gasteiger partial charge >= 0.3 is 0 Å². The molecule has 1 aromatic heterocycles. The van der Waals surface area contributed by atoms with Crippen LogP contribution in [0.5, 0.6) is 0 Å². The van der Waals surface area contributed by atoms with Gasteiger partial charge in [-0.3, -0.25) is 4.68 Å². The smallest absolute Gasteiger partial charge is 0.0625 e. The van der Waals surface area contributed by atoms with Gasteiger partial charge in [-0.1, -0.05) is 30.7 Å². The first-order valence-electron chi connectivity index (χ1n) is 6.66. The summed E-state index contributed by atoms with van der Waals surface area (Å²) >= 11 is 5.86. The third kappa shape index (κ3) is 4.08. The molecule has 0 saturated heterocycles. The Morgan fingerprint density at radius 3 is 2.63 bits per heavy atom. The third-order valence-corrected chi connectivity index (χ3v) is 3.45. The van der Waals surface area contributed by atoms with E-state index in [1.807, 2.05) is 23.9 Å². The molecule has 0 unspecified atom stereocenters. The molecule has 0 saturated carbocycles. The van der Waals surface area contributed by atoms with Crippen LogP contribution < -0.4 is 5.32 Å². The minimum Gasteiger partial charge on any atom is -0.311 e. The summed E-state index contributed by atoms with van der Waals surface area (Å²) in [5.74, 6) is 0. The Kier molecular flexibility index (Phi) is 5.00. The van der Waals surface area contributed by atoms with Crippen LogP contribution in [0.15, 0.2) is 30.3 Å². The Balaban J connectivity index is 1.77. The van der Waals surface area contributed by atoms with E-state index < -0.39 is 0 Å². The maximum atomic E-state index is 5.86. The SMILES string of the molecule is CCc1cc(CNCCc2ccc(Cl)cc2)n(C)n1. The van der Waals surface area contributed by atoms with Crippen LogP contribution in [0.25, 0.3) is 0 Å². The predicted octanol–water partition coefficient (Wildman–Crippen LogP) is 2.97. The number of hydrogen-bond donors (Lipinski definition) is 1. The van der Waals surface area contributed by atoms with Crippen molar-refractivity contribution in [2.24, 2.45) is 7.05 Å². The van der Waals surface area contributed by atoms with E-state index in [1.165, 1.54) is 11.3 Å². The summed E-state index contributed by atoms with van der Waals surface area (Å²) in [7, 11) is 2.00. The molecule has 0 radical (unpaired) electrons. The molecule has 0 aliphatic rings. The fraction of sp³-hybridized carbons (Fsp3) is 0.400. The zero-order valence-corrected chi connectivity index (χ0v) is 12.2. The molecule has 19 heavy (non-hydrogen) atoms. The first-order chi connectivity index (χ1) is 9.19. The molecular formula is C15H20ClN3. The molecule has 0 amide bonds. The van der Waals surface area contributed by atoms with Crippen molar-refractivity contribution >= 4 is 11.6 Å². The van der Waals surface area contributed by atoms with Gasteiger partial charge in [-0.2, -0.15) is 5.10 Å². The molecule has 0 bridgehead atoms. The van der Waals surface area contributed by atoms with Crippen LogP contribution in [-0.2, 0) is 26.4 Å². The number of benzene rings is 1. The average molecular weight is 278 g/mol. The second kappa shape index (κ2) is 6.73. The summed E-state index contributed by atoms with van der Waals surface area (Å²) in [5, 5.41) is 8.68. The number of hydrogen-bond acceptors (Lipinski definition) is 2. The van der Waals surface area contributed by atoms with Crippen LogP contribution in [0, 0.1) is 0 Å². The Bertz CT molecular complexity index is 517. The monoisotopic (exact) mass is 277 g/mol. The van der Waals surface area contributed by atoms with Crippen molar-refractivity contribution < 1.29 is 0 Å². The minimum absolute atomic E-state index is 0.790. The molecule has 0 fully saturated rings. The lowest BCUT2D eigenvalue weighted by atomic mass is 10.1. The minimum atomic E-state index is 0.790. The van der Waals surface area contributed by atoms with Crippen LogP contribution in [0.1, 0.15) is 23.9 Å². The van der Waals surface area contributed by atoms with Crippen molar-refractivity contribution in [1.29, 1.82) is 0 Å². The van der Waals surface area contributed by atoms with Crippen LogP contribution >= 0.6 is 11.6 Å². The zero-order valence-electron chi connectivity index (χ0n) is 11.5. The Labute approximate surface area is 119 Å². The van der Waals surface area contributed by atoms with E-state index in [1.54, 1.807) is 0 Å². The molecule has 0 aliphatic heterocycles. The van der Waals surface area contributed by atoms with Crippen LogP contribution in [0.3, 0.4) is 0 Å². The molecule has 0 atom stereocenters. The van der Waals surface area contributed by atoms with E-state index in [4.69, 9.17) is 11.6 Å². The standard InChI is InChI=1S/C15H20ClN3/c1-3-14-10-15(19(2)18-14)11-17-9-8-12-4-6-13(16)7-5-12/h4-7,10,17H,3,8-9,11H2,1-2H3. The molecular weight excluding hydrogens is 258 g/mol. The van der Waals surface area contributed by atoms with Crippen molar-refractivity contribution in [2.45, 2.75) is 26.3 Å². The quantitative estimate of drug-likeness (QED) is 0.823. The molecule has 3 nitrogen and oxygen atoms in total. The highest BCUT2D eigenvalue weighted by atomic mass is 35.5. The van der Waals surface area contributed by atoms with E-state index in [0.29, 0.717) is 0 Å². The van der Waals surface area contributed by atoms with Gasteiger partial charge in [0.25, 0.3) is 0 Å². The average Bonchev–Trinajstić information content (AvgIpc) is 2.77. The van der Waals surface area contributed by atoms with Gasteiger partial charge in [0.05, 0.1) is 11.4 Å². The van der Waals surface area contributed by atoms with Gasteiger partial charge in [0.1, 0.15) is 0 Å².